The van der Waals surface area contributed by atoms with E-state index in [0.717, 1.165) is 25.8 Å². The Morgan fingerprint density at radius 1 is 1.37 bits per heavy atom. The van der Waals surface area contributed by atoms with Crippen LogP contribution in [-0.2, 0) is 0 Å². The van der Waals surface area contributed by atoms with Gasteiger partial charge in [0, 0.05) is 27.0 Å². The maximum absolute atomic E-state index is 7.68. The summed E-state index contributed by atoms with van der Waals surface area (Å²) < 4.78 is 0.936. The quantitative estimate of drug-likeness (QED) is 0.666. The molecule has 0 aliphatic carbocycles. The van der Waals surface area contributed by atoms with Gasteiger partial charge in [0.2, 0.25) is 0 Å². The first-order valence-corrected chi connectivity index (χ1v) is 7.20. The van der Waals surface area contributed by atoms with Gasteiger partial charge in [-0.3, -0.25) is 10.4 Å². The van der Waals surface area contributed by atoms with Crippen LogP contribution in [0.5, 0.6) is 0 Å². The van der Waals surface area contributed by atoms with Crippen molar-refractivity contribution in [3.8, 4) is 0 Å². The lowest BCUT2D eigenvalue weighted by Crippen LogP contribution is -2.15. The highest BCUT2D eigenvalue weighted by Crippen LogP contribution is 2.31. The second-order valence-corrected chi connectivity index (χ2v) is 6.03. The zero-order chi connectivity index (χ0) is 14.0. The van der Waals surface area contributed by atoms with Crippen molar-refractivity contribution < 1.29 is 0 Å². The first kappa shape index (κ1) is 14.0. The monoisotopic (exact) mass is 336 g/mol. The van der Waals surface area contributed by atoms with E-state index >= 15 is 0 Å². The number of rotatable bonds is 3. The molecule has 98 valence electrons. The van der Waals surface area contributed by atoms with Crippen LogP contribution >= 0.6 is 27.7 Å². The largest absolute Gasteiger partial charge is 0.384 e. The molecule has 2 rings (SSSR count). The second-order valence-electron chi connectivity index (χ2n) is 4.05. The average Bonchev–Trinajstić information content (AvgIpc) is 2.30. The third-order valence-electron chi connectivity index (χ3n) is 2.48. The van der Waals surface area contributed by atoms with Crippen LogP contribution in [0.2, 0.25) is 0 Å². The van der Waals surface area contributed by atoms with Crippen molar-refractivity contribution in [2.24, 2.45) is 5.73 Å². The summed E-state index contributed by atoms with van der Waals surface area (Å²) in [6.07, 6.45) is 1.75. The number of pyridine rings is 2. The van der Waals surface area contributed by atoms with Crippen molar-refractivity contribution in [1.82, 2.24) is 9.97 Å². The smallest absolute Gasteiger partial charge is 0.125 e. The molecule has 3 N–H and O–H groups in total. The molecule has 0 unspecified atom stereocenters. The normalized spacial score (nSPS) is 10.5. The van der Waals surface area contributed by atoms with Crippen molar-refractivity contribution in [3.63, 3.8) is 0 Å². The minimum atomic E-state index is 0.0320. The van der Waals surface area contributed by atoms with Gasteiger partial charge in [-0.25, -0.2) is 4.98 Å². The molecule has 2 heterocycles. The molecule has 0 spiro atoms. The number of nitrogens with two attached hydrogens (primary N) is 1. The van der Waals surface area contributed by atoms with E-state index in [-0.39, 0.29) is 5.84 Å². The predicted octanol–water partition coefficient (Wildman–Crippen LogP) is 3.29. The molecule has 0 atom stereocenters. The van der Waals surface area contributed by atoms with E-state index in [1.807, 2.05) is 32.0 Å². The molecule has 19 heavy (non-hydrogen) atoms. The first-order valence-electron chi connectivity index (χ1n) is 5.59. The highest BCUT2D eigenvalue weighted by Gasteiger charge is 2.13. The Morgan fingerprint density at radius 3 is 2.68 bits per heavy atom. The van der Waals surface area contributed by atoms with Crippen molar-refractivity contribution >= 4 is 33.5 Å². The molecule has 0 fully saturated rings. The van der Waals surface area contributed by atoms with Crippen LogP contribution in [0.15, 0.2) is 38.8 Å². The molecule has 4 nitrogen and oxygen atoms in total. The summed E-state index contributed by atoms with van der Waals surface area (Å²) in [4.78, 5) is 9.58. The standard InChI is InChI=1S/C13H13BrN4S/c1-7-5-10(12(13(15)16)8(2)18-7)19-11-4-3-9(14)6-17-11/h3-6H,1-2H3,(H3,15,16). The molecule has 6 heteroatoms. The number of nitrogens with one attached hydrogen (secondary N) is 1. The number of nitrogens with zero attached hydrogens (tertiary/aromatic N) is 2. The number of halogens is 1. The lowest BCUT2D eigenvalue weighted by molar-refractivity contribution is 1.06. The first-order chi connectivity index (χ1) is 8.97. The van der Waals surface area contributed by atoms with E-state index in [0.29, 0.717) is 5.56 Å². The Morgan fingerprint density at radius 2 is 2.11 bits per heavy atom. The SMILES string of the molecule is Cc1cc(Sc2ccc(Br)cn2)c(C(=N)N)c(C)n1. The second kappa shape index (κ2) is 5.71. The molecule has 0 saturated carbocycles. The Kier molecular flexibility index (Phi) is 4.21. The molecular weight excluding hydrogens is 324 g/mol. The molecule has 2 aromatic heterocycles. The molecule has 0 aliphatic rings. The summed E-state index contributed by atoms with van der Waals surface area (Å²) in [6, 6.07) is 5.78. The number of hydrogen-bond acceptors (Lipinski definition) is 4. The minimum absolute atomic E-state index is 0.0320. The van der Waals surface area contributed by atoms with Gasteiger partial charge < -0.3 is 5.73 Å². The summed E-state index contributed by atoms with van der Waals surface area (Å²) in [5.41, 5.74) is 8.00. The van der Waals surface area contributed by atoms with Crippen LogP contribution in [0.4, 0.5) is 0 Å². The van der Waals surface area contributed by atoms with Gasteiger partial charge in [0.1, 0.15) is 10.9 Å². The summed E-state index contributed by atoms with van der Waals surface area (Å²) in [7, 11) is 0. The zero-order valence-electron chi connectivity index (χ0n) is 10.6. The molecule has 0 aliphatic heterocycles. The van der Waals surface area contributed by atoms with Gasteiger partial charge in [-0.05, 0) is 48.0 Å². The predicted molar refractivity (Wildman–Crippen MR) is 80.8 cm³/mol. The molecule has 0 aromatic carbocycles. The Balaban J connectivity index is 2.44. The van der Waals surface area contributed by atoms with Gasteiger partial charge in [-0.1, -0.05) is 11.8 Å². The van der Waals surface area contributed by atoms with Crippen molar-refractivity contribution in [3.05, 3.63) is 45.8 Å². The number of hydrogen-bond donors (Lipinski definition) is 2. The molecule has 0 saturated heterocycles. The number of amidine groups is 1. The van der Waals surface area contributed by atoms with E-state index < -0.39 is 0 Å². The van der Waals surface area contributed by atoms with Gasteiger partial charge in [-0.15, -0.1) is 0 Å². The fourth-order valence-corrected chi connectivity index (χ4v) is 3.03. The van der Waals surface area contributed by atoms with Crippen molar-refractivity contribution in [2.75, 3.05) is 0 Å². The van der Waals surface area contributed by atoms with Crippen molar-refractivity contribution in [1.29, 1.82) is 5.41 Å². The maximum atomic E-state index is 7.68. The van der Waals surface area contributed by atoms with E-state index in [9.17, 15) is 0 Å². The van der Waals surface area contributed by atoms with Gasteiger partial charge in [0.25, 0.3) is 0 Å². The van der Waals surface area contributed by atoms with Crippen molar-refractivity contribution in [2.45, 2.75) is 23.8 Å². The third-order valence-corrected chi connectivity index (χ3v) is 3.94. The van der Waals surface area contributed by atoms with Gasteiger partial charge >= 0.3 is 0 Å². The third kappa shape index (κ3) is 3.33. The van der Waals surface area contributed by atoms with Gasteiger partial charge in [0.05, 0.1) is 5.56 Å². The van der Waals surface area contributed by atoms with E-state index in [2.05, 4.69) is 25.9 Å². The van der Waals surface area contributed by atoms with Crippen LogP contribution in [0.1, 0.15) is 17.0 Å². The van der Waals surface area contributed by atoms with Crippen LogP contribution in [-0.4, -0.2) is 15.8 Å². The summed E-state index contributed by atoms with van der Waals surface area (Å²) in [5.74, 6) is 0.0320. The Hall–Kier alpha value is -1.40. The molecular formula is C13H13BrN4S. The maximum Gasteiger partial charge on any atom is 0.125 e. The van der Waals surface area contributed by atoms with Gasteiger partial charge in [-0.2, -0.15) is 0 Å². The highest BCUT2D eigenvalue weighted by molar-refractivity contribution is 9.10. The molecule has 0 bridgehead atoms. The summed E-state index contributed by atoms with van der Waals surface area (Å²) >= 11 is 4.84. The topological polar surface area (TPSA) is 75.7 Å². The van der Waals surface area contributed by atoms with Crippen LogP contribution in [0.25, 0.3) is 0 Å². The van der Waals surface area contributed by atoms with Crippen LogP contribution in [0.3, 0.4) is 0 Å². The number of aryl methyl sites for hydroxylation is 2. The molecule has 2 aromatic rings. The minimum Gasteiger partial charge on any atom is -0.384 e. The highest BCUT2D eigenvalue weighted by atomic mass is 79.9. The average molecular weight is 337 g/mol. The fourth-order valence-electron chi connectivity index (χ4n) is 1.74. The summed E-state index contributed by atoms with van der Waals surface area (Å²) in [6.45, 7) is 3.79. The van der Waals surface area contributed by atoms with Crippen LogP contribution < -0.4 is 5.73 Å². The lowest BCUT2D eigenvalue weighted by atomic mass is 10.1. The zero-order valence-corrected chi connectivity index (χ0v) is 13.0. The number of aromatic nitrogens is 2. The fraction of sp³-hybridized carbons (Fsp3) is 0.154. The lowest BCUT2D eigenvalue weighted by Gasteiger charge is -2.11. The Bertz CT molecular complexity index is 625. The van der Waals surface area contributed by atoms with Crippen LogP contribution in [0, 0.1) is 19.3 Å². The van der Waals surface area contributed by atoms with E-state index in [4.69, 9.17) is 11.1 Å². The number of nitrogen functional groups attached to an aromatic ring is 1. The molecule has 0 amide bonds. The summed E-state index contributed by atoms with van der Waals surface area (Å²) in [5, 5.41) is 8.54. The van der Waals surface area contributed by atoms with E-state index in [1.54, 1.807) is 6.20 Å². The molecule has 0 radical (unpaired) electrons. The Labute approximate surface area is 124 Å². The van der Waals surface area contributed by atoms with Gasteiger partial charge in [0.15, 0.2) is 0 Å². The van der Waals surface area contributed by atoms with E-state index in [1.165, 1.54) is 11.8 Å².